The van der Waals surface area contributed by atoms with Gasteiger partial charge in [0.05, 0.1) is 7.11 Å². The van der Waals surface area contributed by atoms with Crippen molar-refractivity contribution in [1.29, 1.82) is 0 Å². The van der Waals surface area contributed by atoms with Crippen molar-refractivity contribution >= 4 is 29.3 Å². The number of thioether (sulfide) groups is 1. The number of hydrogen-bond donors (Lipinski definition) is 1. The highest BCUT2D eigenvalue weighted by molar-refractivity contribution is 8.00. The molecule has 3 aromatic rings. The number of benzene rings is 2. The summed E-state index contributed by atoms with van der Waals surface area (Å²) in [6.45, 7) is 4.34. The van der Waals surface area contributed by atoms with Gasteiger partial charge in [0.2, 0.25) is 11.9 Å². The number of rotatable bonds is 8. The fourth-order valence-electron chi connectivity index (χ4n) is 4.31. The molecule has 1 saturated carbocycles. The molecule has 0 bridgehead atoms. The molecule has 5 rings (SSSR count). The molecule has 7 nitrogen and oxygen atoms in total. The highest BCUT2D eigenvalue weighted by atomic mass is 32.2. The van der Waals surface area contributed by atoms with Gasteiger partial charge in [-0.2, -0.15) is 0 Å². The van der Waals surface area contributed by atoms with E-state index in [1.807, 2.05) is 54.6 Å². The molecule has 1 aromatic heterocycles. The molecular formula is C26H31N5O2S. The molecule has 1 N–H and O–H groups in total. The third kappa shape index (κ3) is 5.06. The minimum atomic E-state index is -0.445. The largest absolute Gasteiger partial charge is 0.497 e. The number of amides is 1. The summed E-state index contributed by atoms with van der Waals surface area (Å²) in [4.78, 5) is 15.8. The summed E-state index contributed by atoms with van der Waals surface area (Å²) in [5.41, 5.74) is 1.68. The van der Waals surface area contributed by atoms with Gasteiger partial charge in [0, 0.05) is 24.8 Å². The molecule has 2 aromatic carbocycles. The first kappa shape index (κ1) is 22.8. The van der Waals surface area contributed by atoms with Crippen molar-refractivity contribution in [2.75, 3.05) is 30.4 Å². The van der Waals surface area contributed by atoms with Gasteiger partial charge >= 0.3 is 0 Å². The lowest BCUT2D eigenvalue weighted by Crippen LogP contribution is -2.34. The third-order valence-corrected chi connectivity index (χ3v) is 7.76. The van der Waals surface area contributed by atoms with Gasteiger partial charge in [-0.05, 0) is 61.4 Å². The van der Waals surface area contributed by atoms with E-state index < -0.39 is 5.25 Å². The summed E-state index contributed by atoms with van der Waals surface area (Å²) < 4.78 is 7.51. The highest BCUT2D eigenvalue weighted by Crippen LogP contribution is 2.44. The Kier molecular flexibility index (Phi) is 6.76. The van der Waals surface area contributed by atoms with E-state index in [1.54, 1.807) is 7.11 Å². The van der Waals surface area contributed by atoms with Crippen LogP contribution in [-0.2, 0) is 4.79 Å². The van der Waals surface area contributed by atoms with Gasteiger partial charge in [0.15, 0.2) is 5.16 Å². The average Bonchev–Trinajstić information content (AvgIpc) is 3.63. The second-order valence-corrected chi connectivity index (χ2v) is 10.3. The van der Waals surface area contributed by atoms with Crippen molar-refractivity contribution in [2.45, 2.75) is 49.1 Å². The molecule has 178 valence electrons. The average molecular weight is 478 g/mol. The van der Waals surface area contributed by atoms with Gasteiger partial charge in [-0.3, -0.25) is 9.36 Å². The monoisotopic (exact) mass is 477 g/mol. The standard InChI is InChI=1S/C26H31N5O2S/c1-18-14-16-30(17-15-18)25-28-29-26(31(25)21-10-11-21)34-23(19-6-4-3-5-7-19)24(32)27-20-8-12-22(33-2)13-9-20/h3-9,12-13,18,21,23H,10-11,14-17H2,1-2H3,(H,27,32). The Morgan fingerprint density at radius 3 is 2.38 bits per heavy atom. The summed E-state index contributed by atoms with van der Waals surface area (Å²) in [5, 5.41) is 12.6. The molecule has 2 aliphatic rings. The van der Waals surface area contributed by atoms with Gasteiger partial charge in [0.25, 0.3) is 0 Å². The fourth-order valence-corrected chi connectivity index (χ4v) is 5.42. The van der Waals surface area contributed by atoms with Crippen LogP contribution in [0.2, 0.25) is 0 Å². The van der Waals surface area contributed by atoms with E-state index in [9.17, 15) is 4.79 Å². The van der Waals surface area contributed by atoms with E-state index in [2.05, 4.69) is 31.9 Å². The van der Waals surface area contributed by atoms with Crippen LogP contribution < -0.4 is 15.0 Å². The van der Waals surface area contributed by atoms with Crippen LogP contribution in [0.25, 0.3) is 0 Å². The first-order chi connectivity index (χ1) is 16.6. The second-order valence-electron chi connectivity index (χ2n) is 9.18. The fraction of sp³-hybridized carbons (Fsp3) is 0.423. The molecule has 8 heteroatoms. The molecule has 1 unspecified atom stereocenters. The van der Waals surface area contributed by atoms with Gasteiger partial charge in [-0.15, -0.1) is 10.2 Å². The number of ether oxygens (including phenoxy) is 1. The van der Waals surface area contributed by atoms with Gasteiger partial charge < -0.3 is 15.0 Å². The lowest BCUT2D eigenvalue weighted by molar-refractivity contribution is -0.115. The second kappa shape index (κ2) is 10.1. The summed E-state index contributed by atoms with van der Waals surface area (Å²) in [6, 6.07) is 17.7. The number of methoxy groups -OCH3 is 1. The van der Waals surface area contributed by atoms with E-state index in [0.717, 1.165) is 60.0 Å². The minimum absolute atomic E-state index is 0.0833. The maximum absolute atomic E-state index is 13.5. The minimum Gasteiger partial charge on any atom is -0.497 e. The Morgan fingerprint density at radius 2 is 1.74 bits per heavy atom. The van der Waals surface area contributed by atoms with Crippen LogP contribution in [0.15, 0.2) is 59.8 Å². The van der Waals surface area contributed by atoms with Crippen LogP contribution in [0.1, 0.15) is 49.5 Å². The summed E-state index contributed by atoms with van der Waals surface area (Å²) >= 11 is 1.48. The van der Waals surface area contributed by atoms with Crippen LogP contribution in [0, 0.1) is 5.92 Å². The zero-order valence-corrected chi connectivity index (χ0v) is 20.5. The lowest BCUT2D eigenvalue weighted by atomic mass is 10.00. The van der Waals surface area contributed by atoms with Crippen molar-refractivity contribution in [1.82, 2.24) is 14.8 Å². The maximum Gasteiger partial charge on any atom is 0.242 e. The van der Waals surface area contributed by atoms with Crippen molar-refractivity contribution in [2.24, 2.45) is 5.92 Å². The van der Waals surface area contributed by atoms with Gasteiger partial charge in [0.1, 0.15) is 11.0 Å². The number of nitrogens with one attached hydrogen (secondary N) is 1. The molecule has 1 aliphatic heterocycles. The highest BCUT2D eigenvalue weighted by Gasteiger charge is 2.34. The van der Waals surface area contributed by atoms with Crippen molar-refractivity contribution in [3.63, 3.8) is 0 Å². The molecule has 1 aliphatic carbocycles. The Morgan fingerprint density at radius 1 is 1.03 bits per heavy atom. The number of aromatic nitrogens is 3. The Hall–Kier alpha value is -3.00. The summed E-state index contributed by atoms with van der Waals surface area (Å²) in [6.07, 6.45) is 4.63. The van der Waals surface area contributed by atoms with E-state index >= 15 is 0 Å². The topological polar surface area (TPSA) is 72.3 Å². The number of carbonyl (C=O) groups is 1. The molecule has 0 radical (unpaired) electrons. The number of hydrogen-bond acceptors (Lipinski definition) is 6. The molecule has 1 atom stereocenters. The van der Waals surface area contributed by atoms with E-state index in [-0.39, 0.29) is 5.91 Å². The number of nitrogens with zero attached hydrogens (tertiary/aromatic N) is 4. The van der Waals surface area contributed by atoms with Crippen molar-refractivity contribution in [3.8, 4) is 5.75 Å². The Balaban J connectivity index is 1.41. The summed E-state index contributed by atoms with van der Waals surface area (Å²) in [7, 11) is 1.63. The SMILES string of the molecule is COc1ccc(NC(=O)C(Sc2nnc(N3CCC(C)CC3)n2C2CC2)c2ccccc2)cc1. The Labute approximate surface area is 204 Å². The smallest absolute Gasteiger partial charge is 0.242 e. The van der Waals surface area contributed by atoms with Gasteiger partial charge in [-0.1, -0.05) is 49.0 Å². The van der Waals surface area contributed by atoms with Crippen LogP contribution in [0.5, 0.6) is 5.75 Å². The van der Waals surface area contributed by atoms with E-state index in [0.29, 0.717) is 6.04 Å². The molecule has 2 fully saturated rings. The van der Waals surface area contributed by atoms with Gasteiger partial charge in [-0.25, -0.2) is 0 Å². The molecular weight excluding hydrogens is 446 g/mol. The van der Waals surface area contributed by atoms with Crippen molar-refractivity contribution in [3.05, 3.63) is 60.2 Å². The number of piperidine rings is 1. The lowest BCUT2D eigenvalue weighted by Gasteiger charge is -2.31. The molecule has 1 saturated heterocycles. The number of carbonyl (C=O) groups excluding carboxylic acids is 1. The van der Waals surface area contributed by atoms with Crippen LogP contribution in [0.4, 0.5) is 11.6 Å². The zero-order chi connectivity index (χ0) is 23.5. The molecule has 2 heterocycles. The van der Waals surface area contributed by atoms with Crippen LogP contribution >= 0.6 is 11.8 Å². The third-order valence-electron chi connectivity index (χ3n) is 6.55. The van der Waals surface area contributed by atoms with Crippen LogP contribution in [0.3, 0.4) is 0 Å². The first-order valence-corrected chi connectivity index (χ1v) is 12.9. The summed E-state index contributed by atoms with van der Waals surface area (Å²) in [5.74, 6) is 2.38. The molecule has 0 spiro atoms. The molecule has 1 amide bonds. The van der Waals surface area contributed by atoms with E-state index in [4.69, 9.17) is 4.74 Å². The zero-order valence-electron chi connectivity index (χ0n) is 19.7. The van der Waals surface area contributed by atoms with Crippen LogP contribution in [-0.4, -0.2) is 40.9 Å². The predicted molar refractivity (Wildman–Crippen MR) is 136 cm³/mol. The van der Waals surface area contributed by atoms with E-state index in [1.165, 1.54) is 24.6 Å². The first-order valence-electron chi connectivity index (χ1n) is 12.0. The molecule has 34 heavy (non-hydrogen) atoms. The Bertz CT molecular complexity index is 1110. The quantitative estimate of drug-likeness (QED) is 0.442. The predicted octanol–water partition coefficient (Wildman–Crippen LogP) is 5.33. The van der Waals surface area contributed by atoms with Crippen molar-refractivity contribution < 1.29 is 9.53 Å². The maximum atomic E-state index is 13.5. The normalized spacial score (nSPS) is 17.4. The number of anilines is 2.